The van der Waals surface area contributed by atoms with Crippen LogP contribution in [0.2, 0.25) is 0 Å². The molecule has 0 aliphatic rings. The summed E-state index contributed by atoms with van der Waals surface area (Å²) in [5.41, 5.74) is 1.05. The van der Waals surface area contributed by atoms with Crippen LogP contribution in [0.4, 0.5) is 4.39 Å². The van der Waals surface area contributed by atoms with E-state index in [2.05, 4.69) is 15.2 Å². The number of nitrogens with zero attached hydrogens (tertiary/aromatic N) is 2. The van der Waals surface area contributed by atoms with Gasteiger partial charge in [0.05, 0.1) is 24.0 Å². The van der Waals surface area contributed by atoms with Crippen LogP contribution in [-0.2, 0) is 11.3 Å². The van der Waals surface area contributed by atoms with Gasteiger partial charge in [-0.2, -0.15) is 5.10 Å². The van der Waals surface area contributed by atoms with E-state index in [1.54, 1.807) is 0 Å². The average Bonchev–Trinajstić information content (AvgIpc) is 2.79. The third-order valence-corrected chi connectivity index (χ3v) is 2.54. The van der Waals surface area contributed by atoms with Gasteiger partial charge in [0.15, 0.2) is 12.1 Å². The minimum absolute atomic E-state index is 0.0258. The Hall–Kier alpha value is -2.08. The number of rotatable bonds is 5. The van der Waals surface area contributed by atoms with Gasteiger partial charge in [-0.3, -0.25) is 14.9 Å². The van der Waals surface area contributed by atoms with Crippen molar-refractivity contribution in [3.05, 3.63) is 35.4 Å². The molecule has 0 radical (unpaired) electrons. The molecule has 0 saturated carbocycles. The number of ether oxygens (including phenoxy) is 1. The smallest absolute Gasteiger partial charge is 0.154 e. The summed E-state index contributed by atoms with van der Waals surface area (Å²) >= 11 is 0. The molecule has 0 spiro atoms. The van der Waals surface area contributed by atoms with Crippen LogP contribution in [-0.4, -0.2) is 27.6 Å². The standard InChI is InChI=1S/C13H14FN3O2/c1-8(2)19-7-11-9(6-18)12(17-16-11)13-10(14)4-3-5-15-13/h3-6,8H,7H2,1-2H3,(H,16,17). The van der Waals surface area contributed by atoms with Crippen LogP contribution < -0.4 is 0 Å². The van der Waals surface area contributed by atoms with E-state index in [-0.39, 0.29) is 29.7 Å². The van der Waals surface area contributed by atoms with E-state index >= 15 is 0 Å². The number of hydrogen-bond acceptors (Lipinski definition) is 4. The van der Waals surface area contributed by atoms with Crippen molar-refractivity contribution in [2.75, 3.05) is 0 Å². The molecule has 19 heavy (non-hydrogen) atoms. The highest BCUT2D eigenvalue weighted by Gasteiger charge is 2.18. The molecule has 0 amide bonds. The SMILES string of the molecule is CC(C)OCc1[nH]nc(-c2ncccc2F)c1C=O. The van der Waals surface area contributed by atoms with Crippen molar-refractivity contribution in [3.63, 3.8) is 0 Å². The first-order chi connectivity index (χ1) is 9.13. The Balaban J connectivity index is 2.37. The van der Waals surface area contributed by atoms with Crippen molar-refractivity contribution >= 4 is 6.29 Å². The second-order valence-electron chi connectivity index (χ2n) is 4.28. The molecule has 1 N–H and O–H groups in total. The molecule has 5 nitrogen and oxygen atoms in total. The average molecular weight is 263 g/mol. The molecule has 0 aromatic carbocycles. The maximum absolute atomic E-state index is 13.7. The fourth-order valence-electron chi connectivity index (χ4n) is 1.61. The van der Waals surface area contributed by atoms with E-state index in [0.29, 0.717) is 12.0 Å². The second-order valence-corrected chi connectivity index (χ2v) is 4.28. The van der Waals surface area contributed by atoms with Gasteiger partial charge in [-0.05, 0) is 26.0 Å². The van der Waals surface area contributed by atoms with E-state index in [9.17, 15) is 9.18 Å². The van der Waals surface area contributed by atoms with Gasteiger partial charge in [-0.1, -0.05) is 0 Å². The number of carbonyl (C=O) groups excluding carboxylic acids is 1. The van der Waals surface area contributed by atoms with Gasteiger partial charge in [0.1, 0.15) is 11.4 Å². The minimum atomic E-state index is -0.520. The summed E-state index contributed by atoms with van der Waals surface area (Å²) in [6.07, 6.45) is 2.11. The first-order valence-corrected chi connectivity index (χ1v) is 5.88. The lowest BCUT2D eigenvalue weighted by Crippen LogP contribution is -2.04. The highest BCUT2D eigenvalue weighted by atomic mass is 19.1. The van der Waals surface area contributed by atoms with Crippen LogP contribution in [0.5, 0.6) is 0 Å². The van der Waals surface area contributed by atoms with Crippen LogP contribution >= 0.6 is 0 Å². The van der Waals surface area contributed by atoms with Crippen molar-refractivity contribution in [3.8, 4) is 11.4 Å². The van der Waals surface area contributed by atoms with E-state index in [0.717, 1.165) is 0 Å². The van der Waals surface area contributed by atoms with E-state index < -0.39 is 5.82 Å². The van der Waals surface area contributed by atoms with Gasteiger partial charge in [-0.25, -0.2) is 4.39 Å². The van der Waals surface area contributed by atoms with Gasteiger partial charge in [0, 0.05) is 6.20 Å². The summed E-state index contributed by atoms with van der Waals surface area (Å²) in [4.78, 5) is 15.1. The molecule has 2 rings (SSSR count). The van der Waals surface area contributed by atoms with Crippen molar-refractivity contribution in [1.29, 1.82) is 0 Å². The number of aldehydes is 1. The van der Waals surface area contributed by atoms with Gasteiger partial charge in [-0.15, -0.1) is 0 Å². The van der Waals surface area contributed by atoms with Crippen LogP contribution in [0.25, 0.3) is 11.4 Å². The number of nitrogens with one attached hydrogen (secondary N) is 1. The Kier molecular flexibility index (Phi) is 4.01. The topological polar surface area (TPSA) is 67.9 Å². The third kappa shape index (κ3) is 2.85. The molecule has 100 valence electrons. The normalized spacial score (nSPS) is 10.9. The molecule has 0 atom stereocenters. The summed E-state index contributed by atoms with van der Waals surface area (Å²) < 4.78 is 19.1. The maximum atomic E-state index is 13.7. The summed E-state index contributed by atoms with van der Waals surface area (Å²) in [7, 11) is 0. The zero-order valence-corrected chi connectivity index (χ0v) is 10.7. The quantitative estimate of drug-likeness (QED) is 0.841. The molecular weight excluding hydrogens is 249 g/mol. The Morgan fingerprint density at radius 3 is 2.89 bits per heavy atom. The number of H-pyrrole nitrogens is 1. The zero-order valence-electron chi connectivity index (χ0n) is 10.7. The molecule has 0 fully saturated rings. The molecular formula is C13H14FN3O2. The van der Waals surface area contributed by atoms with Gasteiger partial charge in [0.2, 0.25) is 0 Å². The number of hydrogen-bond donors (Lipinski definition) is 1. The van der Waals surface area contributed by atoms with Gasteiger partial charge >= 0.3 is 0 Å². The van der Waals surface area contributed by atoms with Crippen LogP contribution in [0.15, 0.2) is 18.3 Å². The number of aromatic amines is 1. The van der Waals surface area contributed by atoms with Crippen LogP contribution in [0.3, 0.4) is 0 Å². The predicted octanol–water partition coefficient (Wildman–Crippen LogP) is 2.35. The lowest BCUT2D eigenvalue weighted by Gasteiger charge is -2.06. The fourth-order valence-corrected chi connectivity index (χ4v) is 1.61. The molecule has 2 aromatic heterocycles. The monoisotopic (exact) mass is 263 g/mol. The molecule has 6 heteroatoms. The zero-order chi connectivity index (χ0) is 13.8. The highest BCUT2D eigenvalue weighted by Crippen LogP contribution is 2.23. The molecule has 0 aliphatic carbocycles. The minimum Gasteiger partial charge on any atom is -0.373 e. The van der Waals surface area contributed by atoms with Crippen molar-refractivity contribution in [2.24, 2.45) is 0 Å². The van der Waals surface area contributed by atoms with Crippen molar-refractivity contribution < 1.29 is 13.9 Å². The van der Waals surface area contributed by atoms with Crippen LogP contribution in [0, 0.1) is 5.82 Å². The Labute approximate surface area is 109 Å². The molecule has 0 saturated heterocycles. The summed E-state index contributed by atoms with van der Waals surface area (Å²) in [6, 6.07) is 2.75. The number of halogens is 1. The lowest BCUT2D eigenvalue weighted by molar-refractivity contribution is 0.0630. The first kappa shape index (κ1) is 13.4. The van der Waals surface area contributed by atoms with E-state index in [1.165, 1.54) is 18.3 Å². The Morgan fingerprint density at radius 1 is 1.47 bits per heavy atom. The number of aromatic nitrogens is 3. The van der Waals surface area contributed by atoms with E-state index in [4.69, 9.17) is 4.74 Å². The van der Waals surface area contributed by atoms with Crippen molar-refractivity contribution in [2.45, 2.75) is 26.6 Å². The molecule has 0 aliphatic heterocycles. The first-order valence-electron chi connectivity index (χ1n) is 5.88. The second kappa shape index (κ2) is 5.71. The molecule has 0 bridgehead atoms. The van der Waals surface area contributed by atoms with E-state index in [1.807, 2.05) is 13.8 Å². The molecule has 0 unspecified atom stereocenters. The Bertz CT molecular complexity index is 581. The summed E-state index contributed by atoms with van der Waals surface area (Å²) in [5, 5.41) is 6.65. The number of carbonyl (C=O) groups is 1. The molecule has 2 heterocycles. The summed E-state index contributed by atoms with van der Waals surface area (Å²) in [5.74, 6) is -0.520. The molecule has 2 aromatic rings. The third-order valence-electron chi connectivity index (χ3n) is 2.54. The number of pyridine rings is 1. The largest absolute Gasteiger partial charge is 0.373 e. The Morgan fingerprint density at radius 2 is 2.26 bits per heavy atom. The maximum Gasteiger partial charge on any atom is 0.154 e. The lowest BCUT2D eigenvalue weighted by atomic mass is 10.1. The highest BCUT2D eigenvalue weighted by molar-refractivity contribution is 5.86. The predicted molar refractivity (Wildman–Crippen MR) is 67.1 cm³/mol. The van der Waals surface area contributed by atoms with Gasteiger partial charge < -0.3 is 4.74 Å². The van der Waals surface area contributed by atoms with Crippen LogP contribution in [0.1, 0.15) is 29.9 Å². The van der Waals surface area contributed by atoms with Gasteiger partial charge in [0.25, 0.3) is 0 Å². The fraction of sp³-hybridized carbons (Fsp3) is 0.308. The van der Waals surface area contributed by atoms with Crippen molar-refractivity contribution in [1.82, 2.24) is 15.2 Å². The summed E-state index contributed by atoms with van der Waals surface area (Å²) in [6.45, 7) is 3.99.